The minimum atomic E-state index is -2.89. The van der Waals surface area contributed by atoms with E-state index in [1.54, 1.807) is 0 Å². The van der Waals surface area contributed by atoms with Crippen LogP contribution in [0.4, 0.5) is 0 Å². The molecule has 0 aromatic heterocycles. The normalized spacial score (nSPS) is 13.4. The van der Waals surface area contributed by atoms with E-state index in [1.165, 1.54) is 0 Å². The maximum atomic E-state index is 12.6. The Labute approximate surface area is 251 Å². The highest BCUT2D eigenvalue weighted by molar-refractivity contribution is 6.61. The molecule has 0 aromatic carbocycles. The summed E-state index contributed by atoms with van der Waals surface area (Å²) < 4.78 is 34.7. The second-order valence-corrected chi connectivity index (χ2v) is 14.6. The SMILES string of the molecule is CCO[Si](CCCNC(=O)CC(C(=O)O)C(CC(=O)NCCC[Si](OCC)(OCC)OCC)C(=O)O)(OCC)OCC. The molecule has 4 N–H and O–H groups in total. The predicted octanol–water partition coefficient (Wildman–Crippen LogP) is 2.28. The highest BCUT2D eigenvalue weighted by Gasteiger charge is 2.41. The van der Waals surface area contributed by atoms with Gasteiger partial charge in [-0.3, -0.25) is 19.2 Å². The summed E-state index contributed by atoms with van der Waals surface area (Å²) in [5.41, 5.74) is 0. The molecule has 0 aliphatic heterocycles. The third kappa shape index (κ3) is 15.5. The summed E-state index contributed by atoms with van der Waals surface area (Å²) in [6, 6.07) is 0.902. The van der Waals surface area contributed by atoms with Crippen LogP contribution in [0.15, 0.2) is 0 Å². The number of carboxylic acids is 2. The van der Waals surface area contributed by atoms with Crippen LogP contribution in [-0.2, 0) is 45.7 Å². The molecule has 0 saturated heterocycles. The minimum Gasteiger partial charge on any atom is -0.481 e. The summed E-state index contributed by atoms with van der Waals surface area (Å²) in [6.07, 6.45) is -0.258. The maximum absolute atomic E-state index is 12.6. The second kappa shape index (κ2) is 22.6. The van der Waals surface area contributed by atoms with Gasteiger partial charge in [0.25, 0.3) is 0 Å². The molecule has 0 heterocycles. The fraction of sp³-hybridized carbons (Fsp3) is 0.846. The molecule has 0 spiro atoms. The van der Waals surface area contributed by atoms with E-state index < -0.39 is 66.0 Å². The standard InChI is InChI=1S/C26H52N2O12Si2/c1-7-35-41(36-8-2,37-9-3)17-13-15-27-23(29)19-21(25(31)32)22(26(33)34)20-24(30)28-16-14-18-42(38-10-4,39-11-5)40-12-6/h21-22H,7-20H2,1-6H3,(H,27,29)(H,28,30)(H,31,32)(H,33,34). The van der Waals surface area contributed by atoms with Gasteiger partial charge in [-0.2, -0.15) is 0 Å². The molecule has 0 aliphatic carbocycles. The molecule has 0 aromatic rings. The van der Waals surface area contributed by atoms with Gasteiger partial charge in [-0.05, 0) is 54.4 Å². The number of carbonyl (C=O) groups is 4. The first kappa shape index (κ1) is 40.1. The lowest BCUT2D eigenvalue weighted by Crippen LogP contribution is -2.46. The molecular weight excluding hydrogens is 588 g/mol. The monoisotopic (exact) mass is 640 g/mol. The number of aliphatic carboxylic acids is 2. The fourth-order valence-corrected chi connectivity index (χ4v) is 9.64. The number of hydrogen-bond acceptors (Lipinski definition) is 10. The second-order valence-electron chi connectivity index (χ2n) is 9.17. The van der Waals surface area contributed by atoms with E-state index in [9.17, 15) is 29.4 Å². The van der Waals surface area contributed by atoms with Gasteiger partial charge in [-0.15, -0.1) is 0 Å². The van der Waals surface area contributed by atoms with E-state index in [1.807, 2.05) is 41.5 Å². The number of hydrogen-bond donors (Lipinski definition) is 4. The van der Waals surface area contributed by atoms with E-state index in [4.69, 9.17) is 26.6 Å². The molecule has 0 bridgehead atoms. The van der Waals surface area contributed by atoms with Crippen molar-refractivity contribution >= 4 is 41.4 Å². The first-order valence-electron chi connectivity index (χ1n) is 14.8. The molecule has 14 nitrogen and oxygen atoms in total. The van der Waals surface area contributed by atoms with Gasteiger partial charge in [0, 0.05) is 77.7 Å². The summed E-state index contributed by atoms with van der Waals surface area (Å²) >= 11 is 0. The zero-order chi connectivity index (χ0) is 32.0. The first-order valence-corrected chi connectivity index (χ1v) is 18.7. The lowest BCUT2D eigenvalue weighted by molar-refractivity contribution is -0.156. The summed E-state index contributed by atoms with van der Waals surface area (Å²) in [4.78, 5) is 49.0. The molecule has 2 atom stereocenters. The molecule has 2 amide bonds. The van der Waals surface area contributed by atoms with Crippen molar-refractivity contribution in [2.45, 2.75) is 79.3 Å². The Hall–Kier alpha value is -1.93. The van der Waals surface area contributed by atoms with Crippen molar-refractivity contribution in [2.75, 3.05) is 52.7 Å². The van der Waals surface area contributed by atoms with Crippen LogP contribution < -0.4 is 10.6 Å². The Kier molecular flexibility index (Phi) is 21.6. The summed E-state index contributed by atoms with van der Waals surface area (Å²) in [6.45, 7) is 13.9. The number of carboxylic acid groups (broad SMARTS) is 2. The highest BCUT2D eigenvalue weighted by Crippen LogP contribution is 2.22. The van der Waals surface area contributed by atoms with Crippen LogP contribution in [0.5, 0.6) is 0 Å². The Bertz CT molecular complexity index is 707. The zero-order valence-electron chi connectivity index (χ0n) is 26.0. The molecular formula is C26H52N2O12Si2. The van der Waals surface area contributed by atoms with Gasteiger partial charge >= 0.3 is 29.5 Å². The Morgan fingerprint density at radius 2 is 0.810 bits per heavy atom. The lowest BCUT2D eigenvalue weighted by atomic mass is 9.86. The van der Waals surface area contributed by atoms with Gasteiger partial charge in [-0.1, -0.05) is 0 Å². The van der Waals surface area contributed by atoms with Crippen LogP contribution in [0.25, 0.3) is 0 Å². The fourth-order valence-electron chi connectivity index (χ4n) is 4.42. The predicted molar refractivity (Wildman–Crippen MR) is 158 cm³/mol. The molecule has 0 radical (unpaired) electrons. The zero-order valence-corrected chi connectivity index (χ0v) is 28.0. The molecule has 0 fully saturated rings. The average molecular weight is 641 g/mol. The largest absolute Gasteiger partial charge is 0.500 e. The minimum absolute atomic E-state index is 0.196. The third-order valence-corrected chi connectivity index (χ3v) is 12.4. The van der Waals surface area contributed by atoms with Gasteiger partial charge in [0.05, 0.1) is 11.8 Å². The van der Waals surface area contributed by atoms with Crippen LogP contribution in [0, 0.1) is 11.8 Å². The van der Waals surface area contributed by atoms with Crippen molar-refractivity contribution in [3.8, 4) is 0 Å². The maximum Gasteiger partial charge on any atom is 0.500 e. The number of rotatable bonds is 27. The van der Waals surface area contributed by atoms with Crippen molar-refractivity contribution < 1.29 is 55.9 Å². The van der Waals surface area contributed by atoms with Crippen molar-refractivity contribution in [2.24, 2.45) is 11.8 Å². The molecule has 42 heavy (non-hydrogen) atoms. The smallest absolute Gasteiger partial charge is 0.481 e. The molecule has 2 unspecified atom stereocenters. The molecule has 246 valence electrons. The van der Waals surface area contributed by atoms with Crippen LogP contribution in [0.1, 0.15) is 67.2 Å². The van der Waals surface area contributed by atoms with Crippen molar-refractivity contribution in [1.82, 2.24) is 10.6 Å². The van der Waals surface area contributed by atoms with Crippen LogP contribution >= 0.6 is 0 Å². The van der Waals surface area contributed by atoms with E-state index in [2.05, 4.69) is 10.6 Å². The van der Waals surface area contributed by atoms with Gasteiger partial charge in [0.1, 0.15) is 0 Å². The van der Waals surface area contributed by atoms with E-state index in [0.29, 0.717) is 64.6 Å². The van der Waals surface area contributed by atoms with Crippen molar-refractivity contribution in [3.05, 3.63) is 0 Å². The van der Waals surface area contributed by atoms with Crippen LogP contribution in [0.3, 0.4) is 0 Å². The first-order chi connectivity index (χ1) is 20.0. The quantitative estimate of drug-likeness (QED) is 0.0759. The van der Waals surface area contributed by atoms with Gasteiger partial charge < -0.3 is 47.4 Å². The average Bonchev–Trinajstić information content (AvgIpc) is 2.92. The van der Waals surface area contributed by atoms with Crippen molar-refractivity contribution in [3.63, 3.8) is 0 Å². The van der Waals surface area contributed by atoms with Gasteiger partial charge in [-0.25, -0.2) is 0 Å². The number of carbonyl (C=O) groups excluding carboxylic acids is 2. The summed E-state index contributed by atoms with van der Waals surface area (Å²) in [5.74, 6) is -7.38. The van der Waals surface area contributed by atoms with E-state index in [-0.39, 0.29) is 13.1 Å². The lowest BCUT2D eigenvalue weighted by Gasteiger charge is -2.28. The van der Waals surface area contributed by atoms with Gasteiger partial charge in [0.15, 0.2) is 0 Å². The Morgan fingerprint density at radius 1 is 0.548 bits per heavy atom. The molecule has 16 heteroatoms. The topological polar surface area (TPSA) is 188 Å². The Morgan fingerprint density at radius 3 is 1.02 bits per heavy atom. The molecule has 0 saturated carbocycles. The number of amides is 2. The van der Waals surface area contributed by atoms with E-state index in [0.717, 1.165) is 0 Å². The summed E-state index contributed by atoms with van der Waals surface area (Å²) in [7, 11) is -5.79. The van der Waals surface area contributed by atoms with Crippen molar-refractivity contribution in [1.29, 1.82) is 0 Å². The third-order valence-electron chi connectivity index (χ3n) is 6.08. The summed E-state index contributed by atoms with van der Waals surface area (Å²) in [5, 5.41) is 24.7. The van der Waals surface area contributed by atoms with Crippen LogP contribution in [-0.4, -0.2) is 104 Å². The number of nitrogens with one attached hydrogen (secondary N) is 2. The Balaban J connectivity index is 5.03. The highest BCUT2D eigenvalue weighted by atomic mass is 28.4. The molecule has 0 aliphatic rings. The van der Waals surface area contributed by atoms with Crippen LogP contribution in [0.2, 0.25) is 12.1 Å². The molecule has 0 rings (SSSR count). The van der Waals surface area contributed by atoms with Gasteiger partial charge in [0.2, 0.25) is 11.8 Å². The van der Waals surface area contributed by atoms with E-state index >= 15 is 0 Å².